The molecule has 1 aromatic heterocycles. The second-order valence-electron chi connectivity index (χ2n) is 3.45. The SMILES string of the molecule is COCCCN=Cc1ccc2n[nH]nc2c1. The average molecular weight is 218 g/mol. The molecule has 2 rings (SSSR count). The lowest BCUT2D eigenvalue weighted by atomic mass is 10.2. The van der Waals surface area contributed by atoms with Crippen LogP contribution < -0.4 is 0 Å². The molecule has 5 nitrogen and oxygen atoms in total. The fourth-order valence-electron chi connectivity index (χ4n) is 1.41. The highest BCUT2D eigenvalue weighted by Gasteiger charge is 1.97. The van der Waals surface area contributed by atoms with Crippen molar-refractivity contribution in [1.82, 2.24) is 15.4 Å². The van der Waals surface area contributed by atoms with Gasteiger partial charge in [0, 0.05) is 26.5 Å². The normalized spacial score (nSPS) is 11.6. The Hall–Kier alpha value is -1.75. The number of fused-ring (bicyclic) bond motifs is 1. The van der Waals surface area contributed by atoms with Crippen molar-refractivity contribution in [2.45, 2.75) is 6.42 Å². The van der Waals surface area contributed by atoms with Crippen molar-refractivity contribution in [2.24, 2.45) is 4.99 Å². The first-order chi connectivity index (χ1) is 7.90. The maximum Gasteiger partial charge on any atom is 0.113 e. The van der Waals surface area contributed by atoms with Crippen LogP contribution in [0.3, 0.4) is 0 Å². The summed E-state index contributed by atoms with van der Waals surface area (Å²) in [6.07, 6.45) is 2.79. The monoisotopic (exact) mass is 218 g/mol. The number of aromatic amines is 1. The summed E-state index contributed by atoms with van der Waals surface area (Å²) in [6, 6.07) is 5.86. The zero-order valence-electron chi connectivity index (χ0n) is 9.18. The molecule has 0 bridgehead atoms. The quantitative estimate of drug-likeness (QED) is 0.609. The van der Waals surface area contributed by atoms with Crippen LogP contribution >= 0.6 is 0 Å². The molecule has 2 aromatic rings. The lowest BCUT2D eigenvalue weighted by Gasteiger charge is -1.94. The van der Waals surface area contributed by atoms with Crippen LogP contribution in [-0.2, 0) is 4.74 Å². The third kappa shape index (κ3) is 2.64. The standard InChI is InChI=1S/C11H14N4O/c1-16-6-2-5-12-8-9-3-4-10-11(7-9)14-15-13-10/h3-4,7-8H,2,5-6H2,1H3,(H,13,14,15). The van der Waals surface area contributed by atoms with Gasteiger partial charge in [-0.05, 0) is 24.1 Å². The van der Waals surface area contributed by atoms with Crippen LogP contribution in [-0.4, -0.2) is 41.9 Å². The van der Waals surface area contributed by atoms with Gasteiger partial charge < -0.3 is 4.74 Å². The number of methoxy groups -OCH3 is 1. The molecule has 0 fully saturated rings. The summed E-state index contributed by atoms with van der Waals surface area (Å²) in [7, 11) is 1.70. The summed E-state index contributed by atoms with van der Waals surface area (Å²) in [5.41, 5.74) is 2.77. The highest BCUT2D eigenvalue weighted by Crippen LogP contribution is 2.08. The number of nitrogens with zero attached hydrogens (tertiary/aromatic N) is 3. The van der Waals surface area contributed by atoms with Crippen molar-refractivity contribution in [2.75, 3.05) is 20.3 Å². The number of ether oxygens (including phenoxy) is 1. The third-order valence-corrected chi connectivity index (χ3v) is 2.22. The van der Waals surface area contributed by atoms with Crippen molar-refractivity contribution in [1.29, 1.82) is 0 Å². The molecule has 0 aliphatic carbocycles. The largest absolute Gasteiger partial charge is 0.385 e. The van der Waals surface area contributed by atoms with Gasteiger partial charge in [-0.15, -0.1) is 0 Å². The van der Waals surface area contributed by atoms with Crippen LogP contribution in [0.15, 0.2) is 23.2 Å². The van der Waals surface area contributed by atoms with Gasteiger partial charge >= 0.3 is 0 Å². The molecule has 0 radical (unpaired) electrons. The average Bonchev–Trinajstić information content (AvgIpc) is 2.76. The van der Waals surface area contributed by atoms with E-state index in [2.05, 4.69) is 20.4 Å². The summed E-state index contributed by atoms with van der Waals surface area (Å²) in [5.74, 6) is 0. The predicted molar refractivity (Wildman–Crippen MR) is 62.8 cm³/mol. The fraction of sp³-hybridized carbons (Fsp3) is 0.364. The summed E-state index contributed by atoms with van der Waals surface area (Å²) >= 11 is 0. The Bertz CT molecular complexity index is 478. The van der Waals surface area contributed by atoms with Gasteiger partial charge in [0.1, 0.15) is 11.0 Å². The van der Waals surface area contributed by atoms with Crippen molar-refractivity contribution < 1.29 is 4.74 Å². The van der Waals surface area contributed by atoms with Gasteiger partial charge in [-0.25, -0.2) is 0 Å². The molecule has 84 valence electrons. The lowest BCUT2D eigenvalue weighted by Crippen LogP contribution is -1.91. The number of nitrogens with one attached hydrogen (secondary N) is 1. The Morgan fingerprint density at radius 3 is 3.12 bits per heavy atom. The smallest absolute Gasteiger partial charge is 0.113 e. The molecular formula is C11H14N4O. The zero-order chi connectivity index (χ0) is 11.2. The number of aromatic nitrogens is 3. The van der Waals surface area contributed by atoms with Gasteiger partial charge in [-0.1, -0.05) is 6.07 Å². The molecule has 0 saturated carbocycles. The van der Waals surface area contributed by atoms with Crippen LogP contribution in [0.1, 0.15) is 12.0 Å². The minimum absolute atomic E-state index is 0.750. The van der Waals surface area contributed by atoms with Gasteiger partial charge in [0.05, 0.1) is 0 Å². The second-order valence-corrected chi connectivity index (χ2v) is 3.45. The number of rotatable bonds is 5. The van der Waals surface area contributed by atoms with Crippen molar-refractivity contribution in [3.8, 4) is 0 Å². The molecule has 0 atom stereocenters. The summed E-state index contributed by atoms with van der Waals surface area (Å²) in [6.45, 7) is 1.53. The van der Waals surface area contributed by atoms with Crippen molar-refractivity contribution in [3.63, 3.8) is 0 Å². The van der Waals surface area contributed by atoms with E-state index in [1.165, 1.54) is 0 Å². The van der Waals surface area contributed by atoms with Gasteiger partial charge in [0.2, 0.25) is 0 Å². The van der Waals surface area contributed by atoms with Gasteiger partial charge in [-0.2, -0.15) is 15.4 Å². The first-order valence-corrected chi connectivity index (χ1v) is 5.19. The van der Waals surface area contributed by atoms with E-state index in [0.29, 0.717) is 0 Å². The number of aliphatic imine (C=N–C) groups is 1. The molecule has 0 spiro atoms. The Kier molecular flexibility index (Phi) is 3.61. The molecule has 1 aromatic carbocycles. The third-order valence-electron chi connectivity index (χ3n) is 2.22. The Morgan fingerprint density at radius 2 is 2.25 bits per heavy atom. The second kappa shape index (κ2) is 5.37. The number of hydrogen-bond donors (Lipinski definition) is 1. The molecule has 1 N–H and O–H groups in total. The summed E-state index contributed by atoms with van der Waals surface area (Å²) in [5, 5.41) is 10.6. The topological polar surface area (TPSA) is 63.2 Å². The molecular weight excluding hydrogens is 204 g/mol. The highest BCUT2D eigenvalue weighted by atomic mass is 16.5. The van der Waals surface area contributed by atoms with E-state index in [4.69, 9.17) is 4.74 Å². The minimum atomic E-state index is 0.750. The first kappa shape index (κ1) is 10.8. The molecule has 16 heavy (non-hydrogen) atoms. The van der Waals surface area contributed by atoms with E-state index in [1.54, 1.807) is 7.11 Å². The van der Waals surface area contributed by atoms with Crippen LogP contribution in [0.25, 0.3) is 11.0 Å². The maximum absolute atomic E-state index is 4.95. The van der Waals surface area contributed by atoms with E-state index in [-0.39, 0.29) is 0 Å². The van der Waals surface area contributed by atoms with Crippen molar-refractivity contribution in [3.05, 3.63) is 23.8 Å². The van der Waals surface area contributed by atoms with Crippen molar-refractivity contribution >= 4 is 17.2 Å². The van der Waals surface area contributed by atoms with E-state index < -0.39 is 0 Å². The summed E-state index contributed by atoms with van der Waals surface area (Å²) in [4.78, 5) is 4.31. The van der Waals surface area contributed by atoms with E-state index in [0.717, 1.165) is 36.2 Å². The minimum Gasteiger partial charge on any atom is -0.385 e. The van der Waals surface area contributed by atoms with Crippen LogP contribution in [0.2, 0.25) is 0 Å². The zero-order valence-corrected chi connectivity index (χ0v) is 9.18. The molecule has 5 heteroatoms. The van der Waals surface area contributed by atoms with Gasteiger partial charge in [0.25, 0.3) is 0 Å². The molecule has 0 unspecified atom stereocenters. The Labute approximate surface area is 93.5 Å². The Balaban J connectivity index is 1.98. The summed E-state index contributed by atoms with van der Waals surface area (Å²) < 4.78 is 4.95. The van der Waals surface area contributed by atoms with Gasteiger partial charge in [0.15, 0.2) is 0 Å². The van der Waals surface area contributed by atoms with Gasteiger partial charge in [-0.3, -0.25) is 4.99 Å². The lowest BCUT2D eigenvalue weighted by molar-refractivity contribution is 0.197. The highest BCUT2D eigenvalue weighted by molar-refractivity contribution is 5.86. The van der Waals surface area contributed by atoms with Crippen LogP contribution in [0.4, 0.5) is 0 Å². The maximum atomic E-state index is 4.95. The van der Waals surface area contributed by atoms with E-state index in [1.807, 2.05) is 24.4 Å². The van der Waals surface area contributed by atoms with Crippen LogP contribution in [0, 0.1) is 0 Å². The predicted octanol–water partition coefficient (Wildman–Crippen LogP) is 1.41. The number of benzene rings is 1. The number of H-pyrrole nitrogens is 1. The Morgan fingerprint density at radius 1 is 1.38 bits per heavy atom. The van der Waals surface area contributed by atoms with E-state index in [9.17, 15) is 0 Å². The van der Waals surface area contributed by atoms with E-state index >= 15 is 0 Å². The number of hydrogen-bond acceptors (Lipinski definition) is 4. The molecule has 0 saturated heterocycles. The molecule has 0 aliphatic rings. The fourth-order valence-corrected chi connectivity index (χ4v) is 1.41. The van der Waals surface area contributed by atoms with Crippen LogP contribution in [0.5, 0.6) is 0 Å². The molecule has 0 aliphatic heterocycles. The first-order valence-electron chi connectivity index (χ1n) is 5.19. The molecule has 0 amide bonds. The molecule has 1 heterocycles.